The monoisotopic (exact) mass is 223 g/mol. The summed E-state index contributed by atoms with van der Waals surface area (Å²) in [7, 11) is 0. The molecule has 4 nitrogen and oxygen atoms in total. The predicted octanol–water partition coefficient (Wildman–Crippen LogP) is 2.34. The van der Waals surface area contributed by atoms with E-state index in [1.54, 1.807) is 18.5 Å². The molecule has 1 aromatic rings. The smallest absolute Gasteiger partial charge is 0.337 e. The Morgan fingerprint density at radius 2 is 2.12 bits per heavy atom. The molecule has 0 aliphatic heterocycles. The van der Waals surface area contributed by atoms with Crippen molar-refractivity contribution in [1.82, 2.24) is 4.57 Å². The van der Waals surface area contributed by atoms with Crippen LogP contribution in [-0.2, 0) is 11.3 Å². The van der Waals surface area contributed by atoms with Gasteiger partial charge in [-0.25, -0.2) is 4.79 Å². The largest absolute Gasteiger partial charge is 0.478 e. The highest BCUT2D eigenvalue weighted by atomic mass is 16.4. The second-order valence-corrected chi connectivity index (χ2v) is 3.84. The molecule has 0 aliphatic carbocycles. The third-order valence-corrected chi connectivity index (χ3v) is 2.40. The minimum absolute atomic E-state index is 0.285. The quantitative estimate of drug-likeness (QED) is 0.771. The van der Waals surface area contributed by atoms with Gasteiger partial charge in [-0.05, 0) is 18.9 Å². The van der Waals surface area contributed by atoms with E-state index in [4.69, 9.17) is 5.11 Å². The maximum atomic E-state index is 11.2. The number of rotatable bonds is 7. The maximum Gasteiger partial charge on any atom is 0.337 e. The molecule has 0 spiro atoms. The van der Waals surface area contributed by atoms with Gasteiger partial charge in [0.25, 0.3) is 0 Å². The van der Waals surface area contributed by atoms with E-state index in [-0.39, 0.29) is 5.78 Å². The molecule has 1 aromatic heterocycles. The van der Waals surface area contributed by atoms with Crippen LogP contribution in [0.4, 0.5) is 0 Å². The first-order valence-corrected chi connectivity index (χ1v) is 5.54. The van der Waals surface area contributed by atoms with Crippen molar-refractivity contribution in [3.63, 3.8) is 0 Å². The fraction of sp³-hybridized carbons (Fsp3) is 0.500. The first-order chi connectivity index (χ1) is 7.63. The number of carboxylic acid groups (broad SMARTS) is 1. The summed E-state index contributed by atoms with van der Waals surface area (Å²) in [4.78, 5) is 21.9. The van der Waals surface area contributed by atoms with Gasteiger partial charge in [-0.3, -0.25) is 4.79 Å². The van der Waals surface area contributed by atoms with E-state index in [0.29, 0.717) is 24.9 Å². The van der Waals surface area contributed by atoms with Crippen molar-refractivity contribution in [2.45, 2.75) is 39.2 Å². The molecule has 0 unspecified atom stereocenters. The van der Waals surface area contributed by atoms with Gasteiger partial charge in [0, 0.05) is 31.8 Å². The number of Topliss-reactive ketones (excluding diaryl/α,β-unsaturated/α-hetero) is 1. The van der Waals surface area contributed by atoms with Crippen molar-refractivity contribution in [2.75, 3.05) is 0 Å². The van der Waals surface area contributed by atoms with Crippen LogP contribution >= 0.6 is 0 Å². The lowest BCUT2D eigenvalue weighted by atomic mass is 10.1. The number of carbonyl (C=O) groups excluding carboxylic acids is 1. The van der Waals surface area contributed by atoms with Crippen molar-refractivity contribution < 1.29 is 14.7 Å². The fourth-order valence-corrected chi connectivity index (χ4v) is 1.57. The Balaban J connectivity index is 2.32. The van der Waals surface area contributed by atoms with Gasteiger partial charge in [0.05, 0.1) is 5.56 Å². The molecule has 0 saturated carbocycles. The molecular formula is C12H17NO3. The van der Waals surface area contributed by atoms with E-state index in [9.17, 15) is 9.59 Å². The van der Waals surface area contributed by atoms with E-state index in [1.807, 2.05) is 11.5 Å². The van der Waals surface area contributed by atoms with Crippen molar-refractivity contribution >= 4 is 11.8 Å². The van der Waals surface area contributed by atoms with Crippen LogP contribution in [0.3, 0.4) is 0 Å². The normalized spacial score (nSPS) is 10.3. The summed E-state index contributed by atoms with van der Waals surface area (Å²) in [6.45, 7) is 2.69. The second-order valence-electron chi connectivity index (χ2n) is 3.84. The van der Waals surface area contributed by atoms with Crippen LogP contribution in [-0.4, -0.2) is 21.4 Å². The minimum atomic E-state index is -0.916. The molecule has 1 N–H and O–H groups in total. The Hall–Kier alpha value is -1.58. The molecule has 0 saturated heterocycles. The molecule has 0 aromatic carbocycles. The molecular weight excluding hydrogens is 206 g/mol. The number of aromatic nitrogens is 1. The molecule has 0 radical (unpaired) electrons. The SMILES string of the molecule is CCCC(=O)CCCn1ccc(C(=O)O)c1. The van der Waals surface area contributed by atoms with Crippen molar-refractivity contribution in [2.24, 2.45) is 0 Å². The molecule has 0 aliphatic rings. The lowest BCUT2D eigenvalue weighted by molar-refractivity contribution is -0.119. The van der Waals surface area contributed by atoms with Gasteiger partial charge in [0.2, 0.25) is 0 Å². The van der Waals surface area contributed by atoms with E-state index in [2.05, 4.69) is 0 Å². The van der Waals surface area contributed by atoms with E-state index < -0.39 is 5.97 Å². The Morgan fingerprint density at radius 1 is 1.38 bits per heavy atom. The summed E-state index contributed by atoms with van der Waals surface area (Å²) in [6.07, 6.45) is 6.21. The molecule has 0 bridgehead atoms. The van der Waals surface area contributed by atoms with Gasteiger partial charge >= 0.3 is 5.97 Å². The zero-order valence-electron chi connectivity index (χ0n) is 9.48. The predicted molar refractivity (Wildman–Crippen MR) is 60.5 cm³/mol. The number of aryl methyl sites for hydroxylation is 1. The minimum Gasteiger partial charge on any atom is -0.478 e. The number of carbonyl (C=O) groups is 2. The van der Waals surface area contributed by atoms with Crippen LogP contribution in [0.5, 0.6) is 0 Å². The van der Waals surface area contributed by atoms with E-state index in [1.165, 1.54) is 0 Å². The Labute approximate surface area is 94.9 Å². The van der Waals surface area contributed by atoms with Crippen molar-refractivity contribution in [3.8, 4) is 0 Å². The lowest BCUT2D eigenvalue weighted by Gasteiger charge is -2.01. The van der Waals surface area contributed by atoms with Crippen molar-refractivity contribution in [1.29, 1.82) is 0 Å². The van der Waals surface area contributed by atoms with Crippen LogP contribution in [0.25, 0.3) is 0 Å². The van der Waals surface area contributed by atoms with Crippen LogP contribution < -0.4 is 0 Å². The molecule has 88 valence electrons. The fourth-order valence-electron chi connectivity index (χ4n) is 1.57. The highest BCUT2D eigenvalue weighted by molar-refractivity contribution is 5.87. The number of hydrogen-bond donors (Lipinski definition) is 1. The average Bonchev–Trinajstić information content (AvgIpc) is 2.67. The van der Waals surface area contributed by atoms with Gasteiger partial charge in [0.1, 0.15) is 5.78 Å². The van der Waals surface area contributed by atoms with Gasteiger partial charge in [0.15, 0.2) is 0 Å². The number of ketones is 1. The van der Waals surface area contributed by atoms with Crippen LogP contribution in [0.1, 0.15) is 43.0 Å². The Kier molecular flexibility index (Phi) is 4.76. The summed E-state index contributed by atoms with van der Waals surface area (Å²) < 4.78 is 1.81. The zero-order chi connectivity index (χ0) is 12.0. The second kappa shape index (κ2) is 6.10. The molecule has 0 atom stereocenters. The van der Waals surface area contributed by atoms with Gasteiger partial charge in [-0.15, -0.1) is 0 Å². The number of carboxylic acids is 1. The van der Waals surface area contributed by atoms with Gasteiger partial charge < -0.3 is 9.67 Å². The summed E-state index contributed by atoms with van der Waals surface area (Å²) >= 11 is 0. The highest BCUT2D eigenvalue weighted by Crippen LogP contribution is 2.05. The lowest BCUT2D eigenvalue weighted by Crippen LogP contribution is -2.01. The topological polar surface area (TPSA) is 59.3 Å². The number of aromatic carboxylic acids is 1. The summed E-state index contributed by atoms with van der Waals surface area (Å²) in [5, 5.41) is 8.71. The summed E-state index contributed by atoms with van der Waals surface area (Å²) in [5.74, 6) is -0.631. The Morgan fingerprint density at radius 3 is 2.69 bits per heavy atom. The van der Waals surface area contributed by atoms with Crippen LogP contribution in [0.15, 0.2) is 18.5 Å². The summed E-state index contributed by atoms with van der Waals surface area (Å²) in [6, 6.07) is 1.57. The molecule has 4 heteroatoms. The van der Waals surface area contributed by atoms with Crippen molar-refractivity contribution in [3.05, 3.63) is 24.0 Å². The third kappa shape index (κ3) is 3.88. The zero-order valence-corrected chi connectivity index (χ0v) is 9.48. The molecule has 16 heavy (non-hydrogen) atoms. The number of nitrogens with zero attached hydrogens (tertiary/aromatic N) is 1. The van der Waals surface area contributed by atoms with E-state index in [0.717, 1.165) is 12.8 Å². The molecule has 0 fully saturated rings. The number of hydrogen-bond acceptors (Lipinski definition) is 2. The molecule has 0 amide bonds. The first-order valence-electron chi connectivity index (χ1n) is 5.54. The maximum absolute atomic E-state index is 11.2. The Bertz CT molecular complexity index is 368. The molecule has 1 rings (SSSR count). The highest BCUT2D eigenvalue weighted by Gasteiger charge is 2.05. The average molecular weight is 223 g/mol. The van der Waals surface area contributed by atoms with Crippen LogP contribution in [0.2, 0.25) is 0 Å². The van der Waals surface area contributed by atoms with E-state index >= 15 is 0 Å². The molecule has 1 heterocycles. The standard InChI is InChI=1S/C12H17NO3/c1-2-4-11(14)5-3-7-13-8-6-10(9-13)12(15)16/h6,8-9H,2-5,7H2,1H3,(H,15,16). The third-order valence-electron chi connectivity index (χ3n) is 2.40. The summed E-state index contributed by atoms with van der Waals surface area (Å²) in [5.41, 5.74) is 0.292. The van der Waals surface area contributed by atoms with Crippen LogP contribution in [0, 0.1) is 0 Å². The van der Waals surface area contributed by atoms with Gasteiger partial charge in [-0.2, -0.15) is 0 Å². The van der Waals surface area contributed by atoms with Gasteiger partial charge in [-0.1, -0.05) is 6.92 Å². The first kappa shape index (κ1) is 12.5.